The summed E-state index contributed by atoms with van der Waals surface area (Å²) in [5.41, 5.74) is 1.44. The van der Waals surface area contributed by atoms with Crippen LogP contribution in [0.2, 0.25) is 0 Å². The Labute approximate surface area is 94.8 Å². The van der Waals surface area contributed by atoms with Crippen molar-refractivity contribution in [3.05, 3.63) is 0 Å². The maximum atomic E-state index is 2.64. The van der Waals surface area contributed by atoms with E-state index >= 15 is 0 Å². The highest BCUT2D eigenvalue weighted by atomic mass is 14.9. The molecule has 4 aliphatic carbocycles. The van der Waals surface area contributed by atoms with Crippen molar-refractivity contribution < 1.29 is 0 Å². The molecule has 0 spiro atoms. The van der Waals surface area contributed by atoms with Crippen LogP contribution >= 0.6 is 0 Å². The highest BCUT2D eigenvalue weighted by Gasteiger charge is 2.82. The molecule has 0 N–H and O–H groups in total. The molecule has 0 aromatic carbocycles. The van der Waals surface area contributed by atoms with Crippen molar-refractivity contribution in [3.63, 3.8) is 0 Å². The van der Waals surface area contributed by atoms with Gasteiger partial charge in [-0.05, 0) is 53.3 Å². The van der Waals surface area contributed by atoms with E-state index in [0.717, 1.165) is 35.0 Å². The first-order valence-electron chi connectivity index (χ1n) is 6.97. The molecule has 4 fully saturated rings. The summed E-state index contributed by atoms with van der Waals surface area (Å²) in [5.74, 6) is 5.16. The van der Waals surface area contributed by atoms with Gasteiger partial charge >= 0.3 is 0 Å². The molecule has 0 saturated heterocycles. The zero-order chi connectivity index (χ0) is 11.0. The van der Waals surface area contributed by atoms with Gasteiger partial charge in [-0.15, -0.1) is 0 Å². The van der Waals surface area contributed by atoms with Crippen molar-refractivity contribution in [2.24, 2.45) is 40.4 Å². The van der Waals surface area contributed by atoms with Crippen molar-refractivity contribution in [1.29, 1.82) is 0 Å². The van der Waals surface area contributed by atoms with Crippen LogP contribution in [-0.2, 0) is 0 Å². The largest absolute Gasteiger partial charge is 0.0651 e. The number of hydrogen-bond donors (Lipinski definition) is 0. The molecule has 0 radical (unpaired) electrons. The minimum absolute atomic E-state index is 0.686. The fourth-order valence-corrected chi connectivity index (χ4v) is 6.24. The molecular weight excluding hydrogens is 180 g/mol. The summed E-state index contributed by atoms with van der Waals surface area (Å²) in [5, 5.41) is 0. The molecule has 0 heteroatoms. The summed E-state index contributed by atoms with van der Waals surface area (Å²) in [7, 11) is 0. The Morgan fingerprint density at radius 3 is 1.93 bits per heavy atom. The lowest BCUT2D eigenvalue weighted by Gasteiger charge is -2.44. The number of rotatable bonds is 3. The second kappa shape index (κ2) is 2.63. The maximum Gasteiger partial charge on any atom is -0.0204 e. The molecule has 0 aromatic rings. The van der Waals surface area contributed by atoms with Gasteiger partial charge in [0, 0.05) is 0 Å². The Morgan fingerprint density at radius 2 is 1.67 bits per heavy atom. The Bertz CT molecular complexity index is 278. The Balaban J connectivity index is 1.98. The van der Waals surface area contributed by atoms with E-state index in [0.29, 0.717) is 5.41 Å². The monoisotopic (exact) mass is 206 g/mol. The van der Waals surface area contributed by atoms with Crippen molar-refractivity contribution >= 4 is 0 Å². The van der Waals surface area contributed by atoms with Crippen molar-refractivity contribution in [3.8, 4) is 0 Å². The summed E-state index contributed by atoms with van der Waals surface area (Å²) in [6, 6.07) is 0. The summed E-state index contributed by atoms with van der Waals surface area (Å²) in [6.45, 7) is 12.5. The molecule has 4 bridgehead atoms. The second-order valence-corrected chi connectivity index (χ2v) is 7.21. The van der Waals surface area contributed by atoms with E-state index in [1.165, 1.54) is 6.42 Å². The average molecular weight is 206 g/mol. The van der Waals surface area contributed by atoms with Crippen LogP contribution in [0.1, 0.15) is 53.9 Å². The van der Waals surface area contributed by atoms with Crippen molar-refractivity contribution in [1.82, 2.24) is 0 Å². The standard InChI is InChI=1S/C15H26/c1-6-11(9(2)3)14(4)10-7-12-13(8-10)15(12,14)5/h9-13H,6-8H2,1-5H3. The average Bonchev–Trinajstić information content (AvgIpc) is 2.55. The van der Waals surface area contributed by atoms with Crippen LogP contribution in [-0.4, -0.2) is 0 Å². The Morgan fingerprint density at radius 1 is 1.13 bits per heavy atom. The minimum Gasteiger partial charge on any atom is -0.0651 e. The molecular formula is C15H26. The van der Waals surface area contributed by atoms with Gasteiger partial charge in [0.1, 0.15) is 0 Å². The van der Waals surface area contributed by atoms with Gasteiger partial charge < -0.3 is 0 Å². The molecule has 4 atom stereocenters. The van der Waals surface area contributed by atoms with E-state index in [4.69, 9.17) is 0 Å². The molecule has 0 aliphatic heterocycles. The first-order chi connectivity index (χ1) is 6.97. The van der Waals surface area contributed by atoms with Crippen LogP contribution in [0.5, 0.6) is 0 Å². The topological polar surface area (TPSA) is 0 Å². The summed E-state index contributed by atoms with van der Waals surface area (Å²) in [4.78, 5) is 0. The second-order valence-electron chi connectivity index (χ2n) is 7.21. The molecule has 4 rings (SSSR count). The highest BCUT2D eigenvalue weighted by molar-refractivity contribution is 5.30. The predicted octanol–water partition coefficient (Wildman–Crippen LogP) is 4.35. The van der Waals surface area contributed by atoms with Crippen molar-refractivity contribution in [2.45, 2.75) is 53.9 Å². The van der Waals surface area contributed by atoms with Gasteiger partial charge in [0.05, 0.1) is 0 Å². The fraction of sp³-hybridized carbons (Fsp3) is 1.00. The van der Waals surface area contributed by atoms with Crippen molar-refractivity contribution in [2.75, 3.05) is 0 Å². The third-order valence-electron chi connectivity index (χ3n) is 7.02. The molecule has 0 heterocycles. The highest BCUT2D eigenvalue weighted by Crippen LogP contribution is 2.88. The molecule has 0 amide bonds. The first kappa shape index (κ1) is 10.2. The molecule has 4 aliphatic rings. The van der Waals surface area contributed by atoms with E-state index in [1.54, 1.807) is 12.8 Å². The number of hydrogen-bond acceptors (Lipinski definition) is 0. The van der Waals surface area contributed by atoms with Gasteiger partial charge in [0.2, 0.25) is 0 Å². The fourth-order valence-electron chi connectivity index (χ4n) is 6.24. The van der Waals surface area contributed by atoms with Gasteiger partial charge in [0.15, 0.2) is 0 Å². The SMILES string of the molecule is CCC(C(C)C)C1(C)C2CC3C(C2)C31C. The third kappa shape index (κ3) is 0.840. The zero-order valence-electron chi connectivity index (χ0n) is 11.0. The third-order valence-corrected chi connectivity index (χ3v) is 7.02. The van der Waals surface area contributed by atoms with E-state index in [1.807, 2.05) is 0 Å². The summed E-state index contributed by atoms with van der Waals surface area (Å²) >= 11 is 0. The smallest absolute Gasteiger partial charge is 0.0204 e. The molecule has 4 unspecified atom stereocenters. The van der Waals surface area contributed by atoms with Crippen LogP contribution in [0.25, 0.3) is 0 Å². The Kier molecular flexibility index (Phi) is 1.78. The van der Waals surface area contributed by atoms with Crippen LogP contribution < -0.4 is 0 Å². The molecule has 86 valence electrons. The van der Waals surface area contributed by atoms with Crippen LogP contribution in [0.15, 0.2) is 0 Å². The van der Waals surface area contributed by atoms with Crippen LogP contribution in [0, 0.1) is 40.4 Å². The zero-order valence-corrected chi connectivity index (χ0v) is 11.0. The molecule has 0 aromatic heterocycles. The lowest BCUT2D eigenvalue weighted by molar-refractivity contribution is 0.0408. The van der Waals surface area contributed by atoms with Gasteiger partial charge in [-0.2, -0.15) is 0 Å². The first-order valence-corrected chi connectivity index (χ1v) is 6.97. The van der Waals surface area contributed by atoms with E-state index < -0.39 is 0 Å². The lowest BCUT2D eigenvalue weighted by atomic mass is 9.61. The quantitative estimate of drug-likeness (QED) is 0.644. The normalized spacial score (nSPS) is 57.6. The maximum absolute atomic E-state index is 2.64. The van der Waals surface area contributed by atoms with Gasteiger partial charge in [-0.3, -0.25) is 0 Å². The lowest BCUT2D eigenvalue weighted by Crippen LogP contribution is -2.38. The molecule has 4 saturated carbocycles. The summed E-state index contributed by atoms with van der Waals surface area (Å²) < 4.78 is 0. The van der Waals surface area contributed by atoms with E-state index in [-0.39, 0.29) is 0 Å². The van der Waals surface area contributed by atoms with Crippen LogP contribution in [0.4, 0.5) is 0 Å². The van der Waals surface area contributed by atoms with Gasteiger partial charge in [0.25, 0.3) is 0 Å². The van der Waals surface area contributed by atoms with Crippen LogP contribution in [0.3, 0.4) is 0 Å². The van der Waals surface area contributed by atoms with E-state index in [2.05, 4.69) is 34.6 Å². The Hall–Kier alpha value is 0. The van der Waals surface area contributed by atoms with Gasteiger partial charge in [-0.1, -0.05) is 41.0 Å². The van der Waals surface area contributed by atoms with Gasteiger partial charge in [-0.25, -0.2) is 0 Å². The predicted molar refractivity (Wildman–Crippen MR) is 64.5 cm³/mol. The summed E-state index contributed by atoms with van der Waals surface area (Å²) in [6.07, 6.45) is 4.53. The van der Waals surface area contributed by atoms with E-state index in [9.17, 15) is 0 Å². The minimum atomic E-state index is 0.686. The molecule has 15 heavy (non-hydrogen) atoms. The molecule has 0 nitrogen and oxygen atoms in total.